The molecule has 0 saturated carbocycles. The van der Waals surface area contributed by atoms with Crippen molar-refractivity contribution >= 4 is 46.7 Å². The standard InChI is InChI=1S/C18H24FN5O.HI/c1-4-8-20-18(23-12-17(25)24(2)3)21-9-7-13-11-22-16-10-14(19)5-6-15(13)16;/h4-6,10-11,22H,1,7-9,12H2,2-3H3,(H2,20,21,23);1H. The Morgan fingerprint density at radius 3 is 2.85 bits per heavy atom. The highest BCUT2D eigenvalue weighted by Crippen LogP contribution is 2.19. The monoisotopic (exact) mass is 473 g/mol. The fraction of sp³-hybridized carbons (Fsp3) is 0.333. The van der Waals surface area contributed by atoms with Gasteiger partial charge in [0.25, 0.3) is 0 Å². The summed E-state index contributed by atoms with van der Waals surface area (Å²) in [5.74, 6) is 0.229. The smallest absolute Gasteiger partial charge is 0.243 e. The van der Waals surface area contributed by atoms with E-state index in [4.69, 9.17) is 0 Å². The Kier molecular flexibility index (Phi) is 9.11. The number of halogens is 2. The number of guanidine groups is 1. The van der Waals surface area contributed by atoms with E-state index in [1.54, 1.807) is 26.2 Å². The summed E-state index contributed by atoms with van der Waals surface area (Å²) < 4.78 is 13.2. The summed E-state index contributed by atoms with van der Waals surface area (Å²) in [4.78, 5) is 20.5. The molecule has 1 amide bonds. The van der Waals surface area contributed by atoms with Crippen LogP contribution in [-0.2, 0) is 11.2 Å². The van der Waals surface area contributed by atoms with Crippen molar-refractivity contribution in [1.29, 1.82) is 0 Å². The highest BCUT2D eigenvalue weighted by molar-refractivity contribution is 14.0. The molecule has 2 aromatic rings. The van der Waals surface area contributed by atoms with Crippen LogP contribution in [0.4, 0.5) is 4.39 Å². The van der Waals surface area contributed by atoms with E-state index >= 15 is 0 Å². The first-order chi connectivity index (χ1) is 12.0. The number of hydrogen-bond donors (Lipinski definition) is 3. The zero-order valence-corrected chi connectivity index (χ0v) is 17.3. The largest absolute Gasteiger partial charge is 0.361 e. The Morgan fingerprint density at radius 1 is 1.38 bits per heavy atom. The van der Waals surface area contributed by atoms with Crippen LogP contribution >= 0.6 is 24.0 Å². The van der Waals surface area contributed by atoms with Gasteiger partial charge in [-0.2, -0.15) is 0 Å². The minimum atomic E-state index is -0.257. The van der Waals surface area contributed by atoms with E-state index in [2.05, 4.69) is 27.2 Å². The lowest BCUT2D eigenvalue weighted by molar-refractivity contribution is -0.127. The maximum Gasteiger partial charge on any atom is 0.243 e. The number of aliphatic imine (C=N–C) groups is 1. The fourth-order valence-corrected chi connectivity index (χ4v) is 2.31. The number of hydrogen-bond acceptors (Lipinski definition) is 2. The molecule has 0 spiro atoms. The van der Waals surface area contributed by atoms with Gasteiger partial charge in [-0.3, -0.25) is 4.79 Å². The topological polar surface area (TPSA) is 72.5 Å². The van der Waals surface area contributed by atoms with Crippen LogP contribution < -0.4 is 10.6 Å². The second-order valence-corrected chi connectivity index (χ2v) is 5.80. The molecule has 0 aliphatic heterocycles. The summed E-state index contributed by atoms with van der Waals surface area (Å²) >= 11 is 0. The number of fused-ring (bicyclic) bond motifs is 1. The second-order valence-electron chi connectivity index (χ2n) is 5.80. The Bertz CT molecular complexity index is 772. The van der Waals surface area contributed by atoms with E-state index in [1.165, 1.54) is 17.0 Å². The van der Waals surface area contributed by atoms with Gasteiger partial charge >= 0.3 is 0 Å². The second kappa shape index (κ2) is 10.8. The quantitative estimate of drug-likeness (QED) is 0.250. The summed E-state index contributed by atoms with van der Waals surface area (Å²) in [7, 11) is 3.39. The molecule has 3 N–H and O–H groups in total. The molecule has 0 bridgehead atoms. The predicted octanol–water partition coefficient (Wildman–Crippen LogP) is 2.28. The van der Waals surface area contributed by atoms with Crippen molar-refractivity contribution in [3.8, 4) is 0 Å². The van der Waals surface area contributed by atoms with Gasteiger partial charge < -0.3 is 20.5 Å². The molecule has 6 nitrogen and oxygen atoms in total. The van der Waals surface area contributed by atoms with Crippen molar-refractivity contribution < 1.29 is 9.18 Å². The maximum atomic E-state index is 13.2. The first-order valence-corrected chi connectivity index (χ1v) is 8.10. The van der Waals surface area contributed by atoms with Crippen LogP contribution in [0.3, 0.4) is 0 Å². The lowest BCUT2D eigenvalue weighted by Crippen LogP contribution is -2.39. The molecule has 142 valence electrons. The third kappa shape index (κ3) is 6.32. The molecule has 0 saturated heterocycles. The van der Waals surface area contributed by atoms with E-state index in [9.17, 15) is 9.18 Å². The molecule has 1 aromatic carbocycles. The summed E-state index contributed by atoms with van der Waals surface area (Å²) in [5.41, 5.74) is 1.88. The van der Waals surface area contributed by atoms with Crippen molar-refractivity contribution in [3.63, 3.8) is 0 Å². The number of nitrogens with one attached hydrogen (secondary N) is 3. The molecule has 2 rings (SSSR count). The van der Waals surface area contributed by atoms with Crippen LogP contribution in [0.1, 0.15) is 5.56 Å². The van der Waals surface area contributed by atoms with Crippen LogP contribution in [0.2, 0.25) is 0 Å². The average Bonchev–Trinajstić information content (AvgIpc) is 2.98. The summed E-state index contributed by atoms with van der Waals surface area (Å²) in [6, 6.07) is 4.72. The van der Waals surface area contributed by atoms with Crippen molar-refractivity contribution in [1.82, 2.24) is 20.5 Å². The van der Waals surface area contributed by atoms with Gasteiger partial charge in [-0.1, -0.05) is 6.08 Å². The SMILES string of the molecule is C=CCNC(=NCC(=O)N(C)C)NCCc1c[nH]c2cc(F)ccc12.I. The van der Waals surface area contributed by atoms with Crippen molar-refractivity contribution in [2.24, 2.45) is 4.99 Å². The average molecular weight is 473 g/mol. The minimum Gasteiger partial charge on any atom is -0.361 e. The zero-order chi connectivity index (χ0) is 18.2. The molecule has 26 heavy (non-hydrogen) atoms. The summed E-state index contributed by atoms with van der Waals surface area (Å²) in [6.45, 7) is 4.92. The molecular weight excluding hydrogens is 448 g/mol. The third-order valence-corrected chi connectivity index (χ3v) is 3.70. The molecule has 8 heteroatoms. The molecule has 0 aliphatic carbocycles. The molecule has 1 aromatic heterocycles. The lowest BCUT2D eigenvalue weighted by atomic mass is 10.1. The Morgan fingerprint density at radius 2 is 2.15 bits per heavy atom. The molecule has 0 radical (unpaired) electrons. The van der Waals surface area contributed by atoms with Crippen LogP contribution in [0.15, 0.2) is 42.0 Å². The number of amides is 1. The predicted molar refractivity (Wildman–Crippen MR) is 115 cm³/mol. The van der Waals surface area contributed by atoms with E-state index < -0.39 is 0 Å². The molecule has 0 fully saturated rings. The first-order valence-electron chi connectivity index (χ1n) is 8.10. The van der Waals surface area contributed by atoms with Gasteiger partial charge in [0, 0.05) is 44.3 Å². The van der Waals surface area contributed by atoms with Crippen molar-refractivity contribution in [2.75, 3.05) is 33.7 Å². The van der Waals surface area contributed by atoms with Gasteiger partial charge in [0.1, 0.15) is 12.4 Å². The molecule has 0 atom stereocenters. The summed E-state index contributed by atoms with van der Waals surface area (Å²) in [6.07, 6.45) is 4.34. The molecule has 0 aliphatic rings. The van der Waals surface area contributed by atoms with Gasteiger partial charge in [0.15, 0.2) is 5.96 Å². The number of aromatic nitrogens is 1. The van der Waals surface area contributed by atoms with Crippen LogP contribution in [0, 0.1) is 5.82 Å². The van der Waals surface area contributed by atoms with E-state index in [-0.39, 0.29) is 42.2 Å². The Hall–Kier alpha value is -2.10. The Labute approximate surface area is 170 Å². The molecular formula is C18H25FIN5O. The van der Waals surface area contributed by atoms with Crippen LogP contribution in [0.25, 0.3) is 10.9 Å². The van der Waals surface area contributed by atoms with E-state index in [0.29, 0.717) is 19.0 Å². The number of H-pyrrole nitrogens is 1. The highest BCUT2D eigenvalue weighted by atomic mass is 127. The van der Waals surface area contributed by atoms with Crippen LogP contribution in [0.5, 0.6) is 0 Å². The first kappa shape index (κ1) is 21.9. The van der Waals surface area contributed by atoms with E-state index in [1.807, 2.05) is 6.20 Å². The van der Waals surface area contributed by atoms with E-state index in [0.717, 1.165) is 22.9 Å². The van der Waals surface area contributed by atoms with Gasteiger partial charge in [0.2, 0.25) is 5.91 Å². The number of aromatic amines is 1. The third-order valence-electron chi connectivity index (χ3n) is 3.70. The van der Waals surface area contributed by atoms with Crippen molar-refractivity contribution in [3.05, 3.63) is 48.4 Å². The number of likely N-dealkylation sites (N-methyl/N-ethyl adjacent to an activating group) is 1. The summed E-state index contributed by atoms with van der Waals surface area (Å²) in [5, 5.41) is 7.28. The number of carbonyl (C=O) groups excluding carboxylic acids is 1. The normalized spacial score (nSPS) is 11.0. The number of rotatable bonds is 7. The zero-order valence-electron chi connectivity index (χ0n) is 15.0. The van der Waals surface area contributed by atoms with Gasteiger partial charge in [-0.25, -0.2) is 9.38 Å². The maximum absolute atomic E-state index is 13.2. The number of benzene rings is 1. The van der Waals surface area contributed by atoms with Crippen molar-refractivity contribution in [2.45, 2.75) is 6.42 Å². The Balaban J connectivity index is 0.00000338. The minimum absolute atomic E-state index is 0. The van der Waals surface area contributed by atoms with Crippen LogP contribution in [-0.4, -0.2) is 55.5 Å². The highest BCUT2D eigenvalue weighted by Gasteiger charge is 2.06. The molecule has 0 unspecified atom stereocenters. The molecule has 1 heterocycles. The van der Waals surface area contributed by atoms with Gasteiger partial charge in [-0.05, 0) is 30.2 Å². The van der Waals surface area contributed by atoms with Gasteiger partial charge in [-0.15, -0.1) is 30.6 Å². The van der Waals surface area contributed by atoms with Gasteiger partial charge in [0.05, 0.1) is 0 Å². The number of carbonyl (C=O) groups is 1. The lowest BCUT2D eigenvalue weighted by Gasteiger charge is -2.12. The fourth-order valence-electron chi connectivity index (χ4n) is 2.31. The number of nitrogens with zero attached hydrogens (tertiary/aromatic N) is 2.